The molecule has 0 aliphatic carbocycles. The van der Waals surface area contributed by atoms with Gasteiger partial charge in [0.2, 0.25) is 0 Å². The number of nitrogens with zero attached hydrogens (tertiary/aromatic N) is 1. The highest BCUT2D eigenvalue weighted by molar-refractivity contribution is 5.92. The molecule has 0 saturated heterocycles. The Morgan fingerprint density at radius 1 is 1.17 bits per heavy atom. The van der Waals surface area contributed by atoms with Gasteiger partial charge in [0.25, 0.3) is 0 Å². The van der Waals surface area contributed by atoms with Gasteiger partial charge in [-0.25, -0.2) is 9.78 Å². The van der Waals surface area contributed by atoms with Gasteiger partial charge in [-0.2, -0.15) is 0 Å². The minimum atomic E-state index is -1.11. The molecule has 2 aromatic rings. The second-order valence-corrected chi connectivity index (χ2v) is 4.21. The highest BCUT2D eigenvalue weighted by atomic mass is 16.4. The zero-order valence-corrected chi connectivity index (χ0v) is 10.3. The van der Waals surface area contributed by atoms with Crippen LogP contribution in [0.4, 0.5) is 5.69 Å². The van der Waals surface area contributed by atoms with Gasteiger partial charge in [0.05, 0.1) is 11.4 Å². The van der Waals surface area contributed by atoms with E-state index >= 15 is 0 Å². The van der Waals surface area contributed by atoms with Crippen LogP contribution in [0.2, 0.25) is 0 Å². The second kappa shape index (κ2) is 4.49. The first kappa shape index (κ1) is 12.1. The third kappa shape index (κ3) is 2.05. The number of hydrogen-bond donors (Lipinski definition) is 2. The number of rotatable bonds is 2. The molecule has 0 atom stereocenters. The van der Waals surface area contributed by atoms with Crippen LogP contribution in [0.15, 0.2) is 30.3 Å². The van der Waals surface area contributed by atoms with Gasteiger partial charge in [-0.3, -0.25) is 0 Å². The predicted molar refractivity (Wildman–Crippen MR) is 70.5 cm³/mol. The normalized spacial score (nSPS) is 10.3. The van der Waals surface area contributed by atoms with E-state index < -0.39 is 5.97 Å². The predicted octanol–water partition coefficient (Wildman–Crippen LogP) is 2.65. The molecule has 0 amide bonds. The van der Waals surface area contributed by atoms with E-state index in [-0.39, 0.29) is 11.4 Å². The van der Waals surface area contributed by atoms with Crippen LogP contribution in [0.3, 0.4) is 0 Å². The van der Waals surface area contributed by atoms with Crippen LogP contribution in [-0.4, -0.2) is 16.1 Å². The Morgan fingerprint density at radius 3 is 2.33 bits per heavy atom. The molecule has 0 aliphatic rings. The monoisotopic (exact) mass is 242 g/mol. The lowest BCUT2D eigenvalue weighted by Crippen LogP contribution is -2.06. The topological polar surface area (TPSA) is 76.2 Å². The summed E-state index contributed by atoms with van der Waals surface area (Å²) >= 11 is 0. The molecule has 0 aliphatic heterocycles. The molecule has 2 rings (SSSR count). The van der Waals surface area contributed by atoms with E-state index in [0.717, 1.165) is 16.7 Å². The average Bonchev–Trinajstić information content (AvgIpc) is 2.30. The first-order valence-electron chi connectivity index (χ1n) is 5.57. The summed E-state index contributed by atoms with van der Waals surface area (Å²) in [5.74, 6) is -1.11. The number of carboxylic acid groups (broad SMARTS) is 1. The minimum Gasteiger partial charge on any atom is -0.476 e. The number of hydrogen-bond acceptors (Lipinski definition) is 3. The van der Waals surface area contributed by atoms with Crippen LogP contribution in [0.25, 0.3) is 11.3 Å². The van der Waals surface area contributed by atoms with Crippen molar-refractivity contribution in [2.45, 2.75) is 13.8 Å². The lowest BCUT2D eigenvalue weighted by atomic mass is 9.99. The number of carboxylic acids is 1. The number of nitrogen functional groups attached to an aromatic ring is 1. The van der Waals surface area contributed by atoms with Gasteiger partial charge < -0.3 is 10.8 Å². The van der Waals surface area contributed by atoms with Crippen molar-refractivity contribution in [1.29, 1.82) is 0 Å². The summed E-state index contributed by atoms with van der Waals surface area (Å²) in [5.41, 5.74) is 9.39. The van der Waals surface area contributed by atoms with Gasteiger partial charge in [0, 0.05) is 5.56 Å². The lowest BCUT2D eigenvalue weighted by Gasteiger charge is -2.10. The Morgan fingerprint density at radius 2 is 1.78 bits per heavy atom. The Hall–Kier alpha value is -2.36. The van der Waals surface area contributed by atoms with E-state index in [2.05, 4.69) is 4.98 Å². The molecular weight excluding hydrogens is 228 g/mol. The maximum Gasteiger partial charge on any atom is 0.356 e. The van der Waals surface area contributed by atoms with Crippen molar-refractivity contribution < 1.29 is 9.90 Å². The van der Waals surface area contributed by atoms with Crippen LogP contribution < -0.4 is 5.73 Å². The number of nitrogens with two attached hydrogens (primary N) is 1. The molecule has 1 aromatic carbocycles. The minimum absolute atomic E-state index is 0.102. The Balaban J connectivity index is 2.65. The van der Waals surface area contributed by atoms with Crippen LogP contribution in [-0.2, 0) is 0 Å². The van der Waals surface area contributed by atoms with Gasteiger partial charge >= 0.3 is 5.97 Å². The molecule has 3 N–H and O–H groups in total. The van der Waals surface area contributed by atoms with Crippen LogP contribution in [0, 0.1) is 13.8 Å². The van der Waals surface area contributed by atoms with Crippen molar-refractivity contribution >= 4 is 11.7 Å². The van der Waals surface area contributed by atoms with Gasteiger partial charge in [0.1, 0.15) is 0 Å². The molecule has 0 saturated carbocycles. The molecule has 4 nitrogen and oxygen atoms in total. The SMILES string of the molecule is Cc1cccc(C)c1-c1ccc(N)c(C(=O)O)n1. The summed E-state index contributed by atoms with van der Waals surface area (Å²) < 4.78 is 0. The zero-order valence-electron chi connectivity index (χ0n) is 10.3. The maximum absolute atomic E-state index is 11.0. The number of anilines is 1. The number of pyridine rings is 1. The highest BCUT2D eigenvalue weighted by Gasteiger charge is 2.13. The average molecular weight is 242 g/mol. The number of aryl methyl sites for hydroxylation is 2. The van der Waals surface area contributed by atoms with E-state index in [0.29, 0.717) is 5.69 Å². The number of aromatic carboxylic acids is 1. The van der Waals surface area contributed by atoms with Gasteiger partial charge in [-0.1, -0.05) is 18.2 Å². The fourth-order valence-corrected chi connectivity index (χ4v) is 2.00. The Kier molecular flexibility index (Phi) is 3.02. The summed E-state index contributed by atoms with van der Waals surface area (Å²) in [4.78, 5) is 15.2. The maximum atomic E-state index is 11.0. The van der Waals surface area contributed by atoms with Gasteiger partial charge in [-0.05, 0) is 37.1 Å². The van der Waals surface area contributed by atoms with Crippen molar-refractivity contribution in [3.63, 3.8) is 0 Å². The van der Waals surface area contributed by atoms with Crippen molar-refractivity contribution in [1.82, 2.24) is 4.98 Å². The van der Waals surface area contributed by atoms with Crippen LogP contribution >= 0.6 is 0 Å². The van der Waals surface area contributed by atoms with Crippen molar-refractivity contribution in [2.75, 3.05) is 5.73 Å². The van der Waals surface area contributed by atoms with E-state index in [1.165, 1.54) is 0 Å². The van der Waals surface area contributed by atoms with Crippen molar-refractivity contribution in [2.24, 2.45) is 0 Å². The number of carbonyl (C=O) groups is 1. The molecule has 0 fully saturated rings. The second-order valence-electron chi connectivity index (χ2n) is 4.21. The third-order valence-electron chi connectivity index (χ3n) is 2.87. The number of benzene rings is 1. The lowest BCUT2D eigenvalue weighted by molar-refractivity contribution is 0.0692. The molecule has 1 heterocycles. The summed E-state index contributed by atoms with van der Waals surface area (Å²) in [6.45, 7) is 3.95. The van der Waals surface area contributed by atoms with Crippen LogP contribution in [0.1, 0.15) is 21.6 Å². The molecule has 0 unspecified atom stereocenters. The van der Waals surface area contributed by atoms with E-state index in [9.17, 15) is 4.79 Å². The molecule has 92 valence electrons. The van der Waals surface area contributed by atoms with E-state index in [1.807, 2.05) is 32.0 Å². The Bertz CT molecular complexity index is 601. The molecule has 0 bridgehead atoms. The molecule has 0 radical (unpaired) electrons. The molecule has 18 heavy (non-hydrogen) atoms. The number of aromatic nitrogens is 1. The largest absolute Gasteiger partial charge is 0.476 e. The summed E-state index contributed by atoms with van der Waals surface area (Å²) in [5, 5.41) is 9.03. The fourth-order valence-electron chi connectivity index (χ4n) is 2.00. The van der Waals surface area contributed by atoms with Crippen LogP contribution in [0.5, 0.6) is 0 Å². The summed E-state index contributed by atoms with van der Waals surface area (Å²) in [6.07, 6.45) is 0. The molecule has 1 aromatic heterocycles. The van der Waals surface area contributed by atoms with Crippen molar-refractivity contribution in [3.05, 3.63) is 47.2 Å². The standard InChI is InChI=1S/C14H14N2O2/c1-8-4-3-5-9(2)12(8)11-7-6-10(15)13(16-11)14(17)18/h3-7H,15H2,1-2H3,(H,17,18). The summed E-state index contributed by atoms with van der Waals surface area (Å²) in [6, 6.07) is 9.24. The zero-order chi connectivity index (χ0) is 13.3. The molecular formula is C14H14N2O2. The quantitative estimate of drug-likeness (QED) is 0.848. The highest BCUT2D eigenvalue weighted by Crippen LogP contribution is 2.26. The first-order valence-corrected chi connectivity index (χ1v) is 5.57. The smallest absolute Gasteiger partial charge is 0.356 e. The summed E-state index contributed by atoms with van der Waals surface area (Å²) in [7, 11) is 0. The first-order chi connectivity index (χ1) is 8.50. The Labute approximate surface area is 105 Å². The molecule has 0 spiro atoms. The van der Waals surface area contributed by atoms with Crippen molar-refractivity contribution in [3.8, 4) is 11.3 Å². The third-order valence-corrected chi connectivity index (χ3v) is 2.87. The van der Waals surface area contributed by atoms with Gasteiger partial charge in [0.15, 0.2) is 5.69 Å². The van der Waals surface area contributed by atoms with Gasteiger partial charge in [-0.15, -0.1) is 0 Å². The fraction of sp³-hybridized carbons (Fsp3) is 0.143. The van der Waals surface area contributed by atoms with E-state index in [1.54, 1.807) is 12.1 Å². The molecule has 4 heteroatoms. The van der Waals surface area contributed by atoms with E-state index in [4.69, 9.17) is 10.8 Å².